The molecule has 0 aromatic heterocycles. The Kier molecular flexibility index (Phi) is 9.56. The van der Waals surface area contributed by atoms with Gasteiger partial charge in [-0.15, -0.1) is 0 Å². The third-order valence-electron chi connectivity index (χ3n) is 2.97. The van der Waals surface area contributed by atoms with Gasteiger partial charge in [0.25, 0.3) is 0 Å². The zero-order valence-corrected chi connectivity index (χ0v) is 10.7. The van der Waals surface area contributed by atoms with E-state index in [1.54, 1.807) is 5.01 Å². The normalized spacial score (nSPS) is 12.4. The molecule has 17 heavy (non-hydrogen) atoms. The van der Waals surface area contributed by atoms with Crippen LogP contribution in [0.2, 0.25) is 0 Å². The molecule has 0 aliphatic heterocycles. The Morgan fingerprint density at radius 3 is 1.88 bits per heavy atom. The van der Waals surface area contributed by atoms with Gasteiger partial charge >= 0.3 is 0 Å². The van der Waals surface area contributed by atoms with E-state index in [1.165, 1.54) is 0 Å². The summed E-state index contributed by atoms with van der Waals surface area (Å²) in [5, 5.41) is 5.06. The molecule has 11 N–H and O–H groups in total. The summed E-state index contributed by atoms with van der Waals surface area (Å²) in [6, 6.07) is 0. The number of nitrogens with zero attached hydrogens (tertiary/aromatic N) is 1. The number of nitrogens with two attached hydrogens (primary N) is 5. The van der Waals surface area contributed by atoms with Gasteiger partial charge in [-0.3, -0.25) is 5.84 Å². The van der Waals surface area contributed by atoms with Crippen LogP contribution < -0.4 is 34.1 Å². The first-order chi connectivity index (χ1) is 8.16. The van der Waals surface area contributed by atoms with Crippen LogP contribution in [-0.2, 0) is 0 Å². The van der Waals surface area contributed by atoms with Crippen molar-refractivity contribution in [3.63, 3.8) is 0 Å². The maximum atomic E-state index is 6.09. The maximum absolute atomic E-state index is 6.09. The summed E-state index contributed by atoms with van der Waals surface area (Å²) in [6.45, 7) is 4.38. The molecule has 0 heterocycles. The summed E-state index contributed by atoms with van der Waals surface area (Å²) in [6.07, 6.45) is 1.58. The molecule has 0 fully saturated rings. The molecule has 0 aliphatic rings. The highest BCUT2D eigenvalue weighted by atomic mass is 15.4. The van der Waals surface area contributed by atoms with Crippen LogP contribution in [0, 0.1) is 0 Å². The zero-order chi connectivity index (χ0) is 13.1. The fraction of sp³-hybridized carbons (Fsp3) is 1.00. The molecule has 104 valence electrons. The fourth-order valence-electron chi connectivity index (χ4n) is 2.03. The molecule has 0 amide bonds. The predicted molar refractivity (Wildman–Crippen MR) is 71.9 cm³/mol. The zero-order valence-electron chi connectivity index (χ0n) is 10.7. The lowest BCUT2D eigenvalue weighted by molar-refractivity contribution is 0.0754. The van der Waals surface area contributed by atoms with Crippen LogP contribution in [-0.4, -0.2) is 56.4 Å². The lowest BCUT2D eigenvalue weighted by atomic mass is 9.89. The van der Waals surface area contributed by atoms with Crippen molar-refractivity contribution in [2.45, 2.75) is 18.4 Å². The molecule has 0 unspecified atom stereocenters. The predicted octanol–water partition coefficient (Wildman–Crippen LogP) is -2.89. The van der Waals surface area contributed by atoms with Crippen LogP contribution in [0.15, 0.2) is 0 Å². The second-order valence-electron chi connectivity index (χ2n) is 4.25. The van der Waals surface area contributed by atoms with E-state index >= 15 is 0 Å². The van der Waals surface area contributed by atoms with E-state index in [-0.39, 0.29) is 5.54 Å². The Hall–Kier alpha value is -0.280. The van der Waals surface area contributed by atoms with Crippen molar-refractivity contribution in [1.82, 2.24) is 10.3 Å². The number of hydrogen-bond acceptors (Lipinski definition) is 7. The van der Waals surface area contributed by atoms with Crippen LogP contribution in [0.5, 0.6) is 0 Å². The van der Waals surface area contributed by atoms with E-state index in [0.29, 0.717) is 32.7 Å². The molecule has 0 radical (unpaired) electrons. The van der Waals surface area contributed by atoms with Gasteiger partial charge in [0.1, 0.15) is 0 Å². The van der Waals surface area contributed by atoms with Crippen LogP contribution in [0.4, 0.5) is 0 Å². The monoisotopic (exact) mass is 247 g/mol. The van der Waals surface area contributed by atoms with Gasteiger partial charge in [-0.05, 0) is 25.9 Å². The number of hydrazine groups is 1. The summed E-state index contributed by atoms with van der Waals surface area (Å²) >= 11 is 0. The molecule has 7 heteroatoms. The Bertz CT molecular complexity index is 170. The lowest BCUT2D eigenvalue weighted by Crippen LogP contribution is -2.61. The summed E-state index contributed by atoms with van der Waals surface area (Å²) in [7, 11) is 0. The lowest BCUT2D eigenvalue weighted by Gasteiger charge is -2.41. The van der Waals surface area contributed by atoms with Crippen molar-refractivity contribution >= 4 is 0 Å². The van der Waals surface area contributed by atoms with Gasteiger partial charge in [0, 0.05) is 32.7 Å². The van der Waals surface area contributed by atoms with Crippen molar-refractivity contribution in [3.8, 4) is 0 Å². The first kappa shape index (κ1) is 16.7. The molecule has 0 spiro atoms. The average Bonchev–Trinajstić information content (AvgIpc) is 2.30. The minimum Gasteiger partial charge on any atom is -0.330 e. The Morgan fingerprint density at radius 1 is 0.882 bits per heavy atom. The molecule has 0 saturated carbocycles. The molecule has 0 bridgehead atoms. The van der Waals surface area contributed by atoms with Gasteiger partial charge in [-0.25, -0.2) is 5.01 Å². The highest BCUT2D eigenvalue weighted by Gasteiger charge is 2.33. The van der Waals surface area contributed by atoms with Gasteiger partial charge in [0.15, 0.2) is 0 Å². The van der Waals surface area contributed by atoms with Crippen LogP contribution >= 0.6 is 0 Å². The first-order valence-electron chi connectivity index (χ1n) is 6.20. The topological polar surface area (TPSA) is 145 Å². The minimum atomic E-state index is -0.224. The van der Waals surface area contributed by atoms with E-state index < -0.39 is 0 Å². The minimum absolute atomic E-state index is 0.224. The smallest absolute Gasteiger partial charge is 0.0500 e. The van der Waals surface area contributed by atoms with Gasteiger partial charge < -0.3 is 28.3 Å². The fourth-order valence-corrected chi connectivity index (χ4v) is 2.03. The molecule has 0 saturated heterocycles. The van der Waals surface area contributed by atoms with E-state index in [1.807, 2.05) is 0 Å². The van der Waals surface area contributed by atoms with Crippen LogP contribution in [0.3, 0.4) is 0 Å². The van der Waals surface area contributed by atoms with E-state index in [2.05, 4.69) is 5.32 Å². The number of rotatable bonds is 11. The molecule has 0 aliphatic carbocycles. The Balaban J connectivity index is 4.57. The highest BCUT2D eigenvalue weighted by Crippen LogP contribution is 2.19. The Morgan fingerprint density at radius 2 is 1.47 bits per heavy atom. The van der Waals surface area contributed by atoms with Gasteiger partial charge in [0.05, 0.1) is 5.54 Å². The van der Waals surface area contributed by atoms with Crippen molar-refractivity contribution < 1.29 is 0 Å². The average molecular weight is 247 g/mol. The third kappa shape index (κ3) is 5.73. The Labute approximate surface area is 104 Å². The van der Waals surface area contributed by atoms with Crippen molar-refractivity contribution in [2.24, 2.45) is 28.8 Å². The molecule has 0 rings (SSSR count). The largest absolute Gasteiger partial charge is 0.330 e. The summed E-state index contributed by atoms with van der Waals surface area (Å²) in [5.74, 6) is 6.09. The van der Waals surface area contributed by atoms with Crippen LogP contribution in [0.25, 0.3) is 0 Å². The second-order valence-corrected chi connectivity index (χ2v) is 4.25. The molecule has 7 nitrogen and oxygen atoms in total. The van der Waals surface area contributed by atoms with Crippen molar-refractivity contribution in [3.05, 3.63) is 0 Å². The van der Waals surface area contributed by atoms with E-state index in [9.17, 15) is 0 Å². The number of hydrogen-bond donors (Lipinski definition) is 6. The maximum Gasteiger partial charge on any atom is 0.0500 e. The molecule has 0 aromatic carbocycles. The summed E-state index contributed by atoms with van der Waals surface area (Å²) in [5.41, 5.74) is 22.1. The first-order valence-corrected chi connectivity index (χ1v) is 6.20. The van der Waals surface area contributed by atoms with Gasteiger partial charge in [0.2, 0.25) is 0 Å². The van der Waals surface area contributed by atoms with Crippen molar-refractivity contribution in [2.75, 3.05) is 45.8 Å². The molecule has 0 atom stereocenters. The number of nitrogens with one attached hydrogen (secondary N) is 1. The molecular formula is C10H29N7. The highest BCUT2D eigenvalue weighted by molar-refractivity contribution is 4.91. The second kappa shape index (κ2) is 9.72. The van der Waals surface area contributed by atoms with Crippen molar-refractivity contribution in [1.29, 1.82) is 0 Å². The SMILES string of the molecule is NCCNCC(CCN)(CCN)N(N)CCN. The standard InChI is InChI=1S/C10H29N7/c11-3-1-10(2-4-12,9-16-7-5-13)17(15)8-6-14/h16H,1-9,11-15H2. The van der Waals surface area contributed by atoms with Crippen LogP contribution in [0.1, 0.15) is 12.8 Å². The van der Waals surface area contributed by atoms with Gasteiger partial charge in [-0.1, -0.05) is 0 Å². The summed E-state index contributed by atoms with van der Waals surface area (Å²) in [4.78, 5) is 0. The molecular weight excluding hydrogens is 218 g/mol. The van der Waals surface area contributed by atoms with E-state index in [4.69, 9.17) is 28.8 Å². The quantitative estimate of drug-likeness (QED) is 0.130. The summed E-state index contributed by atoms with van der Waals surface area (Å²) < 4.78 is 0. The molecule has 0 aromatic rings. The van der Waals surface area contributed by atoms with Gasteiger partial charge in [-0.2, -0.15) is 0 Å². The van der Waals surface area contributed by atoms with E-state index in [0.717, 1.165) is 25.9 Å². The third-order valence-corrected chi connectivity index (χ3v) is 2.97.